The molecule has 1 atom stereocenters. The fourth-order valence-electron chi connectivity index (χ4n) is 1.39. The van der Waals surface area contributed by atoms with Crippen LogP contribution in [0.3, 0.4) is 0 Å². The SMILES string of the molecule is CNCCN(CCN)CC(O)CCOC. The largest absolute Gasteiger partial charge is 0.392 e. The van der Waals surface area contributed by atoms with Crippen LogP contribution in [0.4, 0.5) is 0 Å². The van der Waals surface area contributed by atoms with Gasteiger partial charge in [0.15, 0.2) is 0 Å². The molecule has 5 heteroatoms. The summed E-state index contributed by atoms with van der Waals surface area (Å²) in [6, 6.07) is 0. The van der Waals surface area contributed by atoms with Gasteiger partial charge in [-0.25, -0.2) is 0 Å². The van der Waals surface area contributed by atoms with Crippen LogP contribution >= 0.6 is 0 Å². The normalized spacial score (nSPS) is 13.4. The van der Waals surface area contributed by atoms with Gasteiger partial charge in [0.05, 0.1) is 6.10 Å². The van der Waals surface area contributed by atoms with Crippen molar-refractivity contribution in [3.63, 3.8) is 0 Å². The molecule has 0 aromatic heterocycles. The third-order valence-corrected chi connectivity index (χ3v) is 2.25. The lowest BCUT2D eigenvalue weighted by atomic mass is 10.2. The summed E-state index contributed by atoms with van der Waals surface area (Å²) in [4.78, 5) is 2.16. The molecule has 0 aromatic rings. The number of ether oxygens (including phenoxy) is 1. The molecule has 0 heterocycles. The first-order valence-corrected chi connectivity index (χ1v) is 5.48. The minimum atomic E-state index is -0.326. The highest BCUT2D eigenvalue weighted by Gasteiger charge is 2.10. The maximum Gasteiger partial charge on any atom is 0.0689 e. The van der Waals surface area contributed by atoms with Crippen molar-refractivity contribution in [1.29, 1.82) is 0 Å². The third-order valence-electron chi connectivity index (χ3n) is 2.25. The lowest BCUT2D eigenvalue weighted by Crippen LogP contribution is -2.40. The molecule has 15 heavy (non-hydrogen) atoms. The Kier molecular flexibility index (Phi) is 10.2. The summed E-state index contributed by atoms with van der Waals surface area (Å²) in [5.41, 5.74) is 5.51. The Hall–Kier alpha value is -0.200. The molecular formula is C10H25N3O2. The molecule has 4 N–H and O–H groups in total. The van der Waals surface area contributed by atoms with Crippen LogP contribution in [0.1, 0.15) is 6.42 Å². The number of nitrogens with one attached hydrogen (secondary N) is 1. The second kappa shape index (κ2) is 10.3. The van der Waals surface area contributed by atoms with Gasteiger partial charge in [0.2, 0.25) is 0 Å². The van der Waals surface area contributed by atoms with Crippen molar-refractivity contribution in [3.05, 3.63) is 0 Å². The summed E-state index contributed by atoms with van der Waals surface area (Å²) in [7, 11) is 3.56. The molecular weight excluding hydrogens is 194 g/mol. The number of likely N-dealkylation sites (N-methyl/N-ethyl adjacent to an activating group) is 1. The van der Waals surface area contributed by atoms with Gasteiger partial charge < -0.3 is 20.9 Å². The van der Waals surface area contributed by atoms with Crippen LogP contribution in [-0.4, -0.2) is 69.6 Å². The average molecular weight is 219 g/mol. The van der Waals surface area contributed by atoms with E-state index in [0.29, 0.717) is 26.1 Å². The molecule has 0 aliphatic rings. The standard InChI is InChI=1S/C10H25N3O2/c1-12-5-7-13(6-4-11)9-10(14)3-8-15-2/h10,12,14H,3-9,11H2,1-2H3. The molecule has 0 saturated heterocycles. The Morgan fingerprint density at radius 1 is 1.47 bits per heavy atom. The zero-order chi connectivity index (χ0) is 11.5. The first-order valence-electron chi connectivity index (χ1n) is 5.48. The molecule has 0 fully saturated rings. The van der Waals surface area contributed by atoms with E-state index in [2.05, 4.69) is 10.2 Å². The summed E-state index contributed by atoms with van der Waals surface area (Å²) in [5.74, 6) is 0. The number of nitrogens with two attached hydrogens (primary N) is 1. The van der Waals surface area contributed by atoms with E-state index in [1.54, 1.807) is 7.11 Å². The summed E-state index contributed by atoms with van der Waals surface area (Å²) >= 11 is 0. The van der Waals surface area contributed by atoms with Crippen molar-refractivity contribution in [2.75, 3.05) is 53.5 Å². The van der Waals surface area contributed by atoms with Crippen LogP contribution in [0, 0.1) is 0 Å². The van der Waals surface area contributed by atoms with Crippen molar-refractivity contribution in [1.82, 2.24) is 10.2 Å². The fourth-order valence-corrected chi connectivity index (χ4v) is 1.39. The highest BCUT2D eigenvalue weighted by molar-refractivity contribution is 4.66. The van der Waals surface area contributed by atoms with Crippen molar-refractivity contribution in [2.45, 2.75) is 12.5 Å². The van der Waals surface area contributed by atoms with E-state index in [4.69, 9.17) is 10.5 Å². The van der Waals surface area contributed by atoms with E-state index in [1.807, 2.05) is 7.05 Å². The molecule has 5 nitrogen and oxygen atoms in total. The Morgan fingerprint density at radius 3 is 2.73 bits per heavy atom. The number of nitrogens with zero attached hydrogens (tertiary/aromatic N) is 1. The second-order valence-electron chi connectivity index (χ2n) is 3.63. The molecule has 0 aromatic carbocycles. The van der Waals surface area contributed by atoms with E-state index in [9.17, 15) is 5.11 Å². The van der Waals surface area contributed by atoms with Gasteiger partial charge >= 0.3 is 0 Å². The molecule has 0 aliphatic carbocycles. The Bertz CT molecular complexity index is 136. The number of aliphatic hydroxyl groups is 1. The first-order chi connectivity index (χ1) is 7.24. The quantitative estimate of drug-likeness (QED) is 0.433. The number of rotatable bonds is 10. The van der Waals surface area contributed by atoms with Crippen LogP contribution < -0.4 is 11.1 Å². The Morgan fingerprint density at radius 2 is 2.20 bits per heavy atom. The molecule has 92 valence electrons. The minimum Gasteiger partial charge on any atom is -0.392 e. The number of hydrogen-bond acceptors (Lipinski definition) is 5. The molecule has 0 spiro atoms. The van der Waals surface area contributed by atoms with Gasteiger partial charge in [-0.1, -0.05) is 0 Å². The topological polar surface area (TPSA) is 70.8 Å². The van der Waals surface area contributed by atoms with E-state index >= 15 is 0 Å². The van der Waals surface area contributed by atoms with Gasteiger partial charge in [-0.15, -0.1) is 0 Å². The molecule has 0 radical (unpaired) electrons. The molecule has 0 saturated carbocycles. The lowest BCUT2D eigenvalue weighted by molar-refractivity contribution is 0.0769. The van der Waals surface area contributed by atoms with E-state index in [-0.39, 0.29) is 6.10 Å². The zero-order valence-corrected chi connectivity index (χ0v) is 9.91. The van der Waals surface area contributed by atoms with E-state index in [0.717, 1.165) is 19.6 Å². The van der Waals surface area contributed by atoms with Crippen LogP contribution in [0.2, 0.25) is 0 Å². The van der Waals surface area contributed by atoms with Crippen molar-refractivity contribution < 1.29 is 9.84 Å². The van der Waals surface area contributed by atoms with Crippen LogP contribution in [-0.2, 0) is 4.74 Å². The summed E-state index contributed by atoms with van der Waals surface area (Å²) in [5, 5.41) is 12.8. The predicted molar refractivity (Wildman–Crippen MR) is 61.9 cm³/mol. The zero-order valence-electron chi connectivity index (χ0n) is 9.91. The lowest BCUT2D eigenvalue weighted by Gasteiger charge is -2.24. The third kappa shape index (κ3) is 8.77. The monoisotopic (exact) mass is 219 g/mol. The van der Waals surface area contributed by atoms with Crippen molar-refractivity contribution in [3.8, 4) is 0 Å². The van der Waals surface area contributed by atoms with Gasteiger partial charge in [-0.2, -0.15) is 0 Å². The molecule has 0 bridgehead atoms. The van der Waals surface area contributed by atoms with Gasteiger partial charge in [0, 0.05) is 46.4 Å². The summed E-state index contributed by atoms with van der Waals surface area (Å²) in [6.07, 6.45) is 0.352. The van der Waals surface area contributed by atoms with Crippen molar-refractivity contribution in [2.24, 2.45) is 5.73 Å². The number of hydrogen-bond donors (Lipinski definition) is 3. The molecule has 0 amide bonds. The van der Waals surface area contributed by atoms with Crippen LogP contribution in [0.15, 0.2) is 0 Å². The van der Waals surface area contributed by atoms with E-state index in [1.165, 1.54) is 0 Å². The van der Waals surface area contributed by atoms with Crippen LogP contribution in [0.25, 0.3) is 0 Å². The van der Waals surface area contributed by atoms with E-state index < -0.39 is 0 Å². The van der Waals surface area contributed by atoms with Gasteiger partial charge in [0.1, 0.15) is 0 Å². The highest BCUT2D eigenvalue weighted by Crippen LogP contribution is 1.96. The maximum absolute atomic E-state index is 9.69. The van der Waals surface area contributed by atoms with Gasteiger partial charge in [-0.05, 0) is 13.5 Å². The van der Waals surface area contributed by atoms with Gasteiger partial charge in [-0.3, -0.25) is 4.90 Å². The first kappa shape index (κ1) is 14.8. The average Bonchev–Trinajstić information content (AvgIpc) is 2.23. The number of aliphatic hydroxyl groups excluding tert-OH is 1. The molecule has 1 unspecified atom stereocenters. The van der Waals surface area contributed by atoms with Gasteiger partial charge in [0.25, 0.3) is 0 Å². The molecule has 0 rings (SSSR count). The highest BCUT2D eigenvalue weighted by atomic mass is 16.5. The minimum absolute atomic E-state index is 0.326. The molecule has 0 aliphatic heterocycles. The maximum atomic E-state index is 9.69. The second-order valence-corrected chi connectivity index (χ2v) is 3.63. The fraction of sp³-hybridized carbons (Fsp3) is 1.00. The Labute approximate surface area is 92.6 Å². The number of methoxy groups -OCH3 is 1. The van der Waals surface area contributed by atoms with Crippen LogP contribution in [0.5, 0.6) is 0 Å². The Balaban J connectivity index is 3.70. The summed E-state index contributed by atoms with van der Waals surface area (Å²) in [6.45, 7) is 4.55. The van der Waals surface area contributed by atoms with Crippen molar-refractivity contribution >= 4 is 0 Å². The summed E-state index contributed by atoms with van der Waals surface area (Å²) < 4.78 is 4.92. The predicted octanol–water partition coefficient (Wildman–Crippen LogP) is -1.14. The smallest absolute Gasteiger partial charge is 0.0689 e.